The average molecular weight is 388 g/mol. The number of azo groups is 1. The zero-order valence-corrected chi connectivity index (χ0v) is 16.3. The van der Waals surface area contributed by atoms with Gasteiger partial charge in [0, 0.05) is 0 Å². The molecule has 1 heterocycles. The number of carbonyl (C=O) groups excluding carboxylic acids is 2. The van der Waals surface area contributed by atoms with E-state index in [-0.39, 0.29) is 23.2 Å². The fourth-order valence-electron chi connectivity index (χ4n) is 2.05. The van der Waals surface area contributed by atoms with E-state index in [2.05, 4.69) is 20.5 Å². The molecular formula is C18H20N4O4S. The number of esters is 1. The van der Waals surface area contributed by atoms with Crippen molar-refractivity contribution in [2.75, 3.05) is 11.9 Å². The van der Waals surface area contributed by atoms with E-state index in [1.165, 1.54) is 6.92 Å². The number of anilines is 1. The molecule has 0 saturated carbocycles. The molecule has 8 nitrogen and oxygen atoms in total. The van der Waals surface area contributed by atoms with Crippen molar-refractivity contribution >= 4 is 34.0 Å². The highest BCUT2D eigenvalue weighted by Gasteiger charge is 2.20. The number of nitrogens with zero attached hydrogens (tertiary/aromatic N) is 3. The lowest BCUT2D eigenvalue weighted by Crippen LogP contribution is -2.14. The fourth-order valence-corrected chi connectivity index (χ4v) is 2.91. The van der Waals surface area contributed by atoms with Gasteiger partial charge in [-0.25, -0.2) is 9.78 Å². The Balaban J connectivity index is 2.19. The third-order valence-corrected chi connectivity index (χ3v) is 4.46. The Kier molecular flexibility index (Phi) is 6.78. The number of benzene rings is 1. The summed E-state index contributed by atoms with van der Waals surface area (Å²) in [5, 5.41) is 20.4. The smallest absolute Gasteiger partial charge is 0.350 e. The summed E-state index contributed by atoms with van der Waals surface area (Å²) in [6.07, 6.45) is 0. The Bertz CT molecular complexity index is 914. The van der Waals surface area contributed by atoms with E-state index in [0.717, 1.165) is 16.9 Å². The van der Waals surface area contributed by atoms with E-state index in [4.69, 9.17) is 4.74 Å². The molecule has 0 aliphatic heterocycles. The lowest BCUT2D eigenvalue weighted by molar-refractivity contribution is -0.113. The van der Waals surface area contributed by atoms with Crippen molar-refractivity contribution in [3.8, 4) is 0 Å². The van der Waals surface area contributed by atoms with Gasteiger partial charge in [-0.1, -0.05) is 29.5 Å². The Labute approximate surface area is 160 Å². The summed E-state index contributed by atoms with van der Waals surface area (Å²) in [5.74, 6) is -1.47. The highest BCUT2D eigenvalue weighted by atomic mass is 32.1. The maximum absolute atomic E-state index is 12.4. The Morgan fingerprint density at radius 3 is 2.63 bits per heavy atom. The zero-order valence-electron chi connectivity index (χ0n) is 15.4. The number of ether oxygens (including phenoxy) is 1. The van der Waals surface area contributed by atoms with Gasteiger partial charge in [-0.15, -0.1) is 10.2 Å². The first-order valence-electron chi connectivity index (χ1n) is 8.16. The van der Waals surface area contributed by atoms with Crippen LogP contribution in [0.3, 0.4) is 0 Å². The molecule has 0 aliphatic rings. The van der Waals surface area contributed by atoms with Crippen molar-refractivity contribution in [2.45, 2.75) is 27.7 Å². The number of aromatic nitrogens is 1. The van der Waals surface area contributed by atoms with Crippen molar-refractivity contribution < 1.29 is 19.4 Å². The molecule has 0 saturated heterocycles. The molecule has 0 radical (unpaired) electrons. The van der Waals surface area contributed by atoms with Gasteiger partial charge >= 0.3 is 5.97 Å². The van der Waals surface area contributed by atoms with E-state index in [1.54, 1.807) is 26.0 Å². The van der Waals surface area contributed by atoms with Crippen LogP contribution in [0.15, 0.2) is 46.0 Å². The van der Waals surface area contributed by atoms with Crippen molar-refractivity contribution in [1.29, 1.82) is 0 Å². The number of carbonyl (C=O) groups is 2. The molecule has 2 aromatic rings. The largest absolute Gasteiger partial charge is 0.510 e. The van der Waals surface area contributed by atoms with Crippen LogP contribution in [0.2, 0.25) is 0 Å². The molecule has 1 aromatic heterocycles. The van der Waals surface area contributed by atoms with Gasteiger partial charge in [0.2, 0.25) is 0 Å². The van der Waals surface area contributed by atoms with Crippen molar-refractivity contribution in [3.05, 3.63) is 51.9 Å². The minimum absolute atomic E-state index is 0.199. The van der Waals surface area contributed by atoms with Crippen LogP contribution in [0.1, 0.15) is 34.8 Å². The van der Waals surface area contributed by atoms with Gasteiger partial charge in [0.25, 0.3) is 5.91 Å². The molecule has 0 bridgehead atoms. The maximum atomic E-state index is 12.4. The van der Waals surface area contributed by atoms with Crippen LogP contribution in [-0.2, 0) is 9.53 Å². The van der Waals surface area contributed by atoms with Crippen molar-refractivity contribution in [3.63, 3.8) is 0 Å². The predicted molar refractivity (Wildman–Crippen MR) is 102 cm³/mol. The molecule has 0 aliphatic carbocycles. The molecular weight excluding hydrogens is 368 g/mol. The number of amides is 1. The normalized spacial score (nSPS) is 12.0. The number of rotatable bonds is 6. The summed E-state index contributed by atoms with van der Waals surface area (Å²) in [6, 6.07) is 7.27. The summed E-state index contributed by atoms with van der Waals surface area (Å²) in [5.41, 5.74) is 1.66. The third-order valence-electron chi connectivity index (χ3n) is 3.41. The van der Waals surface area contributed by atoms with Crippen LogP contribution in [0.4, 0.5) is 10.8 Å². The summed E-state index contributed by atoms with van der Waals surface area (Å²) in [4.78, 5) is 28.7. The number of hydrogen-bond acceptors (Lipinski definition) is 8. The zero-order chi connectivity index (χ0) is 20.0. The first-order valence-corrected chi connectivity index (χ1v) is 8.98. The van der Waals surface area contributed by atoms with Gasteiger partial charge in [-0.05, 0) is 39.3 Å². The first-order chi connectivity index (χ1) is 12.8. The Morgan fingerprint density at radius 1 is 1.30 bits per heavy atom. The Hall–Kier alpha value is -3.07. The number of aliphatic hydroxyl groups is 1. The highest BCUT2D eigenvalue weighted by Crippen LogP contribution is 2.25. The number of allylic oxidation sites excluding steroid dienone is 1. The topological polar surface area (TPSA) is 113 Å². The standard InChI is InChI=1S/C18H20N4O4S/c1-5-26-17(25)15-11(3)19-18(27-15)20-16(24)14(12(4)23)22-21-13-9-7-6-8-10(13)2/h6-9,23H,5H2,1-4H3,(H,19,20,24)/b14-12+,22-21?. The van der Waals surface area contributed by atoms with Crippen LogP contribution in [0.25, 0.3) is 0 Å². The van der Waals surface area contributed by atoms with Crippen LogP contribution < -0.4 is 5.32 Å². The van der Waals surface area contributed by atoms with Crippen molar-refractivity contribution in [1.82, 2.24) is 4.98 Å². The second kappa shape index (κ2) is 9.04. The van der Waals surface area contributed by atoms with Gasteiger partial charge < -0.3 is 9.84 Å². The number of thiazole rings is 1. The number of aryl methyl sites for hydroxylation is 2. The molecule has 0 fully saturated rings. The van der Waals surface area contributed by atoms with E-state index >= 15 is 0 Å². The number of nitrogens with one attached hydrogen (secondary N) is 1. The van der Waals surface area contributed by atoms with Crippen LogP contribution in [0, 0.1) is 13.8 Å². The molecule has 1 aromatic carbocycles. The van der Waals surface area contributed by atoms with Crippen LogP contribution >= 0.6 is 11.3 Å². The number of hydrogen-bond donors (Lipinski definition) is 2. The maximum Gasteiger partial charge on any atom is 0.350 e. The molecule has 142 valence electrons. The van der Waals surface area contributed by atoms with Crippen LogP contribution in [-0.4, -0.2) is 28.6 Å². The second-order valence-electron chi connectivity index (χ2n) is 5.53. The summed E-state index contributed by atoms with van der Waals surface area (Å²) >= 11 is 0.988. The predicted octanol–water partition coefficient (Wildman–Crippen LogP) is 4.45. The lowest BCUT2D eigenvalue weighted by Gasteiger charge is -2.03. The quantitative estimate of drug-likeness (QED) is 0.328. The van der Waals surface area contributed by atoms with E-state index in [9.17, 15) is 14.7 Å². The van der Waals surface area contributed by atoms with Crippen molar-refractivity contribution in [2.24, 2.45) is 10.2 Å². The average Bonchev–Trinajstić information content (AvgIpc) is 2.97. The summed E-state index contributed by atoms with van der Waals surface area (Å²) in [6.45, 7) is 6.79. The highest BCUT2D eigenvalue weighted by molar-refractivity contribution is 7.17. The minimum atomic E-state index is -0.684. The molecule has 2 N–H and O–H groups in total. The molecule has 0 unspecified atom stereocenters. The lowest BCUT2D eigenvalue weighted by atomic mass is 10.2. The van der Waals surface area contributed by atoms with E-state index in [0.29, 0.717) is 16.3 Å². The molecule has 2 rings (SSSR count). The first kappa shape index (κ1) is 20.2. The monoisotopic (exact) mass is 388 g/mol. The number of aliphatic hydroxyl groups excluding tert-OH is 1. The van der Waals surface area contributed by atoms with Gasteiger partial charge in [-0.2, -0.15) is 0 Å². The van der Waals surface area contributed by atoms with Crippen LogP contribution in [0.5, 0.6) is 0 Å². The summed E-state index contributed by atoms with van der Waals surface area (Å²) in [7, 11) is 0. The van der Waals surface area contributed by atoms with Gasteiger partial charge in [0.15, 0.2) is 10.8 Å². The molecule has 27 heavy (non-hydrogen) atoms. The molecule has 0 spiro atoms. The Morgan fingerprint density at radius 2 is 2.00 bits per heavy atom. The molecule has 1 amide bonds. The SMILES string of the molecule is CCOC(=O)c1sc(NC(=O)/C(N=Nc2ccccc2C)=C(/C)O)nc1C. The molecule has 9 heteroatoms. The molecule has 0 atom stereocenters. The fraction of sp³-hybridized carbons (Fsp3) is 0.278. The van der Waals surface area contributed by atoms with E-state index < -0.39 is 11.9 Å². The summed E-state index contributed by atoms with van der Waals surface area (Å²) < 4.78 is 4.95. The minimum Gasteiger partial charge on any atom is -0.510 e. The second-order valence-corrected chi connectivity index (χ2v) is 6.53. The van der Waals surface area contributed by atoms with Gasteiger partial charge in [0.1, 0.15) is 10.6 Å². The van der Waals surface area contributed by atoms with Gasteiger partial charge in [-0.3, -0.25) is 10.1 Å². The third kappa shape index (κ3) is 5.20. The van der Waals surface area contributed by atoms with E-state index in [1.807, 2.05) is 19.1 Å². The van der Waals surface area contributed by atoms with Gasteiger partial charge in [0.05, 0.1) is 18.0 Å².